The van der Waals surface area contributed by atoms with E-state index in [0.29, 0.717) is 43.8 Å². The molecule has 0 amide bonds. The van der Waals surface area contributed by atoms with Crippen molar-refractivity contribution in [1.29, 1.82) is 0 Å². The summed E-state index contributed by atoms with van der Waals surface area (Å²) in [5.74, 6) is 0. The van der Waals surface area contributed by atoms with Crippen molar-refractivity contribution in [2.45, 2.75) is 103 Å². The van der Waals surface area contributed by atoms with E-state index in [-0.39, 0.29) is 124 Å². The van der Waals surface area contributed by atoms with Crippen molar-refractivity contribution >= 4 is 43.1 Å². The number of benzene rings is 8. The first-order valence-electron chi connectivity index (χ1n) is 30.3. The van der Waals surface area contributed by atoms with Crippen LogP contribution < -0.4 is 24.8 Å². The molecule has 0 aliphatic rings. The minimum atomic E-state index is -4.86. The molecule has 0 fully saturated rings. The summed E-state index contributed by atoms with van der Waals surface area (Å²) in [4.78, 5) is 0. The topological polar surface area (TPSA) is 0 Å². The maximum Gasteiger partial charge on any atom is 2.00 e. The molecule has 548 valence electrons. The van der Waals surface area contributed by atoms with E-state index in [2.05, 4.69) is 0 Å². The molecule has 0 spiro atoms. The van der Waals surface area contributed by atoms with E-state index in [0.717, 1.165) is 118 Å². The predicted octanol–water partition coefficient (Wildman–Crippen LogP) is 21.3. The summed E-state index contributed by atoms with van der Waals surface area (Å²) >= 11 is 0. The van der Waals surface area contributed by atoms with Crippen molar-refractivity contribution in [1.82, 2.24) is 0 Å². The average molecular weight is 1670 g/mol. The van der Waals surface area contributed by atoms with Crippen LogP contribution in [0.15, 0.2) is 194 Å². The molecule has 0 unspecified atom stereocenters. The Balaban J connectivity index is 0.000000246. The molecule has 0 bridgehead atoms. The minimum Gasteiger partial charge on any atom is -1.00 e. The van der Waals surface area contributed by atoms with Crippen LogP contribution in [0.2, 0.25) is 0 Å². The third kappa shape index (κ3) is 20.7. The molecule has 0 aliphatic heterocycles. The van der Waals surface area contributed by atoms with Crippen LogP contribution in [0, 0.1) is 0 Å². The van der Waals surface area contributed by atoms with Gasteiger partial charge in [0.25, 0.3) is 0 Å². The zero-order valence-electron chi connectivity index (χ0n) is 54.1. The molecular formula is C76H52Cl2F24Zr2-2. The molecule has 0 saturated heterocycles. The summed E-state index contributed by atoms with van der Waals surface area (Å²) in [5, 5.41) is 5.75. The molecular weight excluding hydrogens is 1620 g/mol. The van der Waals surface area contributed by atoms with Crippen LogP contribution in [-0.2, 0) is 128 Å². The third-order valence-electron chi connectivity index (χ3n) is 16.5. The molecule has 28 heteroatoms. The number of hydrogen-bond donors (Lipinski definition) is 0. The SMILES string of the molecule is CCc1cc2c(-c3cc(C(F)(F)F)cc(C(F)(F)F)c3)cccc2[cH-]1.CCc1cc2c(-c3cc(C(F)(F)F)cc(C(F)(F)F)c3)cccc2[cH-]1.CCc1cc2c(-c3cc(C(F)(F)F)cc(C(F)(F)F)c3)cccc2[cH-]1.CCc1cc2c(-c3cc(C(F)(F)F)cc(C(F)(F)F)c3)cccc2[cH-]1.[Cl-].[Cl-].[Zr+2].[Zr+2]. The second kappa shape index (κ2) is 33.3. The second-order valence-corrected chi connectivity index (χ2v) is 23.3. The predicted molar refractivity (Wildman–Crippen MR) is 337 cm³/mol. The summed E-state index contributed by atoms with van der Waals surface area (Å²) in [6, 6.07) is 41.3. The summed E-state index contributed by atoms with van der Waals surface area (Å²) in [5.41, 5.74) is -5.52. The van der Waals surface area contributed by atoms with Gasteiger partial charge in [0.2, 0.25) is 0 Å². The standard InChI is InChI=1S/4C19H13F6.2ClH.2Zr/c4*1-2-11-6-12-4-3-5-16(17(12)7-11)13-8-14(18(20,21)22)10-15(9-13)19(23,24)25;;;;/h4*3-10H,2H2,1H3;2*1H;;/q4*-1;;;2*+2/p-2. The Morgan fingerprint density at radius 3 is 0.490 bits per heavy atom. The first-order valence-corrected chi connectivity index (χ1v) is 30.3. The molecule has 0 aliphatic carbocycles. The first kappa shape index (κ1) is 87.5. The number of hydrogen-bond acceptors (Lipinski definition) is 0. The van der Waals surface area contributed by atoms with Crippen molar-refractivity contribution in [3.05, 3.63) is 261 Å². The van der Waals surface area contributed by atoms with Crippen molar-refractivity contribution in [2.75, 3.05) is 0 Å². The van der Waals surface area contributed by atoms with Gasteiger partial charge < -0.3 is 24.8 Å². The summed E-state index contributed by atoms with van der Waals surface area (Å²) < 4.78 is 313. The van der Waals surface area contributed by atoms with E-state index in [4.69, 9.17) is 0 Å². The van der Waals surface area contributed by atoms with Crippen molar-refractivity contribution in [3.63, 3.8) is 0 Å². The molecule has 0 N–H and O–H groups in total. The van der Waals surface area contributed by atoms with Gasteiger partial charge in [0.05, 0.1) is 44.5 Å². The zero-order chi connectivity index (χ0) is 73.6. The van der Waals surface area contributed by atoms with Gasteiger partial charge in [-0.05, 0) is 121 Å². The number of fused-ring (bicyclic) bond motifs is 4. The Morgan fingerprint density at radius 1 is 0.221 bits per heavy atom. The maximum atomic E-state index is 13.1. The Kier molecular flexibility index (Phi) is 28.1. The van der Waals surface area contributed by atoms with E-state index < -0.39 is 93.9 Å². The van der Waals surface area contributed by atoms with Crippen LogP contribution in [0.3, 0.4) is 0 Å². The number of halogens is 26. The smallest absolute Gasteiger partial charge is 1.00 e. The Labute approximate surface area is 629 Å². The molecule has 12 rings (SSSR count). The van der Waals surface area contributed by atoms with Gasteiger partial charge in [0.1, 0.15) is 0 Å². The van der Waals surface area contributed by atoms with E-state index >= 15 is 0 Å². The van der Waals surface area contributed by atoms with E-state index in [1.807, 2.05) is 52.0 Å². The van der Waals surface area contributed by atoms with Gasteiger partial charge in [0, 0.05) is 0 Å². The Hall–Kier alpha value is -7.13. The van der Waals surface area contributed by atoms with Gasteiger partial charge in [-0.15, -0.1) is 138 Å². The van der Waals surface area contributed by atoms with Crippen LogP contribution in [0.25, 0.3) is 87.6 Å². The Bertz CT molecular complexity index is 4160. The maximum absolute atomic E-state index is 13.1. The van der Waals surface area contributed by atoms with Gasteiger partial charge in [-0.25, -0.2) is 0 Å². The zero-order valence-corrected chi connectivity index (χ0v) is 60.6. The Morgan fingerprint density at radius 2 is 0.365 bits per heavy atom. The first-order chi connectivity index (χ1) is 46.4. The average Bonchev–Trinajstić information content (AvgIpc) is 1.34. The monoisotopic (exact) mass is 1670 g/mol. The molecule has 12 aromatic carbocycles. The van der Waals surface area contributed by atoms with Crippen LogP contribution >= 0.6 is 0 Å². The minimum absolute atomic E-state index is 0. The van der Waals surface area contributed by atoms with E-state index in [1.54, 1.807) is 72.8 Å². The van der Waals surface area contributed by atoms with Gasteiger partial charge in [-0.1, -0.05) is 74.2 Å². The fourth-order valence-corrected chi connectivity index (χ4v) is 11.5. The van der Waals surface area contributed by atoms with Crippen molar-refractivity contribution < 1.29 is 183 Å². The van der Waals surface area contributed by atoms with Gasteiger partial charge in [-0.2, -0.15) is 130 Å². The van der Waals surface area contributed by atoms with Gasteiger partial charge in [-0.3, -0.25) is 0 Å². The quantitative estimate of drug-likeness (QED) is 0.105. The molecule has 12 aromatic rings. The molecule has 0 radical (unpaired) electrons. The van der Waals surface area contributed by atoms with Gasteiger partial charge in [0.15, 0.2) is 0 Å². The molecule has 0 heterocycles. The number of alkyl halides is 24. The fraction of sp³-hybridized carbons (Fsp3) is 0.211. The fourth-order valence-electron chi connectivity index (χ4n) is 11.5. The van der Waals surface area contributed by atoms with Gasteiger partial charge >= 0.3 is 102 Å². The summed E-state index contributed by atoms with van der Waals surface area (Å²) in [6.07, 6.45) is -35.9. The second-order valence-electron chi connectivity index (χ2n) is 23.3. The molecule has 104 heavy (non-hydrogen) atoms. The molecule has 0 aromatic heterocycles. The third-order valence-corrected chi connectivity index (χ3v) is 16.5. The summed E-state index contributed by atoms with van der Waals surface area (Å²) in [7, 11) is 0. The van der Waals surface area contributed by atoms with Crippen LogP contribution in [0.1, 0.15) is 94.5 Å². The van der Waals surface area contributed by atoms with Crippen LogP contribution in [0.5, 0.6) is 0 Å². The van der Waals surface area contributed by atoms with Crippen molar-refractivity contribution in [2.24, 2.45) is 0 Å². The summed E-state index contributed by atoms with van der Waals surface area (Å²) in [6.45, 7) is 7.72. The van der Waals surface area contributed by atoms with Crippen molar-refractivity contribution in [3.8, 4) is 44.5 Å². The molecule has 0 atom stereocenters. The van der Waals surface area contributed by atoms with E-state index in [9.17, 15) is 105 Å². The largest absolute Gasteiger partial charge is 2.00 e. The molecule has 0 nitrogen and oxygen atoms in total. The number of rotatable bonds is 8. The number of aryl methyl sites for hydroxylation is 4. The van der Waals surface area contributed by atoms with Crippen LogP contribution in [0.4, 0.5) is 105 Å². The van der Waals surface area contributed by atoms with Crippen LogP contribution in [-0.4, -0.2) is 0 Å². The molecule has 0 saturated carbocycles. The normalized spacial score (nSPS) is 12.3. The van der Waals surface area contributed by atoms with E-state index in [1.165, 1.54) is 24.3 Å².